The maximum atomic E-state index is 12.9. The Hall–Kier alpha value is -2.97. The summed E-state index contributed by atoms with van der Waals surface area (Å²) in [5.41, 5.74) is 2.52. The number of benzene rings is 2. The second kappa shape index (κ2) is 10.2. The van der Waals surface area contributed by atoms with Gasteiger partial charge >= 0.3 is 0 Å². The molecule has 0 bridgehead atoms. The van der Waals surface area contributed by atoms with Crippen LogP contribution in [0.5, 0.6) is 11.5 Å². The summed E-state index contributed by atoms with van der Waals surface area (Å²) >= 11 is 0. The van der Waals surface area contributed by atoms with Gasteiger partial charge in [0.15, 0.2) is 0 Å². The van der Waals surface area contributed by atoms with Crippen LogP contribution in [0.2, 0.25) is 0 Å². The van der Waals surface area contributed by atoms with E-state index in [0.717, 1.165) is 24.5 Å². The number of carbonyl (C=O) groups is 1. The molecular weight excluding hydrogens is 386 g/mol. The molecule has 0 radical (unpaired) electrons. The van der Waals surface area contributed by atoms with Gasteiger partial charge in [0.25, 0.3) is 5.91 Å². The van der Waals surface area contributed by atoms with Crippen LogP contribution in [0, 0.1) is 0 Å². The maximum absolute atomic E-state index is 12.9. The molecule has 1 aliphatic heterocycles. The van der Waals surface area contributed by atoms with Crippen LogP contribution in [0.3, 0.4) is 0 Å². The molecule has 3 N–H and O–H groups in total. The van der Waals surface area contributed by atoms with Crippen molar-refractivity contribution in [1.82, 2.24) is 4.90 Å². The first-order valence-electron chi connectivity index (χ1n) is 9.94. The summed E-state index contributed by atoms with van der Waals surface area (Å²) < 4.78 is 10.5. The van der Waals surface area contributed by atoms with Gasteiger partial charge in [-0.15, -0.1) is 0 Å². The van der Waals surface area contributed by atoms with Crippen molar-refractivity contribution in [2.75, 3.05) is 63.8 Å². The molecule has 1 heterocycles. The molecule has 1 saturated heterocycles. The van der Waals surface area contributed by atoms with E-state index in [9.17, 15) is 9.90 Å². The van der Waals surface area contributed by atoms with Gasteiger partial charge < -0.3 is 34.8 Å². The number of piperazine rings is 1. The molecule has 0 spiro atoms. The quantitative estimate of drug-likeness (QED) is 0.600. The number of amides is 1. The fourth-order valence-electron chi connectivity index (χ4n) is 3.37. The first kappa shape index (κ1) is 21.7. The number of nitrogens with zero attached hydrogens (tertiary/aromatic N) is 2. The summed E-state index contributed by atoms with van der Waals surface area (Å²) in [7, 11) is 3.13. The van der Waals surface area contributed by atoms with E-state index in [-0.39, 0.29) is 12.5 Å². The number of aliphatic hydroxyl groups excluding tert-OH is 2. The zero-order valence-electron chi connectivity index (χ0n) is 17.4. The molecule has 0 aromatic heterocycles. The minimum Gasteiger partial charge on any atom is -0.497 e. The molecule has 0 aliphatic carbocycles. The molecule has 2 aromatic rings. The number of aliphatic hydroxyl groups is 2. The van der Waals surface area contributed by atoms with Gasteiger partial charge in [-0.2, -0.15) is 0 Å². The highest BCUT2D eigenvalue weighted by Crippen LogP contribution is 2.25. The second-order valence-electron chi connectivity index (χ2n) is 7.14. The minimum atomic E-state index is -0.778. The number of nitrogens with one attached hydrogen (secondary N) is 1. The first-order valence-corrected chi connectivity index (χ1v) is 9.94. The van der Waals surface area contributed by atoms with Gasteiger partial charge in [0.1, 0.15) is 11.5 Å². The van der Waals surface area contributed by atoms with Crippen LogP contribution in [0.25, 0.3) is 0 Å². The SMILES string of the molecule is COc1cc(OC)cc(C(=O)N2CCN(c3ccc(NCC(O)CO)cc3)CC2)c1. The van der Waals surface area contributed by atoms with Crippen LogP contribution in [0.15, 0.2) is 42.5 Å². The lowest BCUT2D eigenvalue weighted by molar-refractivity contribution is 0.0746. The smallest absolute Gasteiger partial charge is 0.254 e. The van der Waals surface area contributed by atoms with Crippen LogP contribution in [-0.2, 0) is 0 Å². The van der Waals surface area contributed by atoms with Gasteiger partial charge in [-0.05, 0) is 36.4 Å². The molecule has 3 rings (SSSR count). The summed E-state index contributed by atoms with van der Waals surface area (Å²) in [6.45, 7) is 2.76. The molecule has 8 heteroatoms. The normalized spacial score (nSPS) is 14.9. The zero-order valence-corrected chi connectivity index (χ0v) is 17.4. The number of carbonyl (C=O) groups excluding carboxylic acids is 1. The molecule has 8 nitrogen and oxygen atoms in total. The van der Waals surface area contributed by atoms with Crippen molar-refractivity contribution in [3.63, 3.8) is 0 Å². The van der Waals surface area contributed by atoms with Crippen LogP contribution >= 0.6 is 0 Å². The zero-order chi connectivity index (χ0) is 21.5. The molecule has 1 amide bonds. The Morgan fingerprint density at radius 2 is 1.63 bits per heavy atom. The van der Waals surface area contributed by atoms with Crippen molar-refractivity contribution >= 4 is 17.3 Å². The van der Waals surface area contributed by atoms with Crippen molar-refractivity contribution in [1.29, 1.82) is 0 Å². The van der Waals surface area contributed by atoms with Gasteiger partial charge in [0.05, 0.1) is 26.9 Å². The number of rotatable bonds is 8. The lowest BCUT2D eigenvalue weighted by atomic mass is 10.1. The van der Waals surface area contributed by atoms with E-state index in [1.165, 1.54) is 0 Å². The summed E-state index contributed by atoms with van der Waals surface area (Å²) in [6, 6.07) is 13.1. The van der Waals surface area contributed by atoms with Crippen LogP contribution in [0.1, 0.15) is 10.4 Å². The Morgan fingerprint density at radius 1 is 1.03 bits per heavy atom. The third-order valence-electron chi connectivity index (χ3n) is 5.15. The fraction of sp³-hybridized carbons (Fsp3) is 0.409. The lowest BCUT2D eigenvalue weighted by Crippen LogP contribution is -2.48. The molecule has 30 heavy (non-hydrogen) atoms. The van der Waals surface area contributed by atoms with E-state index < -0.39 is 6.10 Å². The Labute approximate surface area is 176 Å². The van der Waals surface area contributed by atoms with Crippen molar-refractivity contribution < 1.29 is 24.5 Å². The lowest BCUT2D eigenvalue weighted by Gasteiger charge is -2.36. The highest BCUT2D eigenvalue weighted by atomic mass is 16.5. The van der Waals surface area contributed by atoms with Crippen LogP contribution < -0.4 is 19.7 Å². The van der Waals surface area contributed by atoms with E-state index in [1.807, 2.05) is 29.2 Å². The minimum absolute atomic E-state index is 0.0335. The van der Waals surface area contributed by atoms with Crippen molar-refractivity contribution in [2.45, 2.75) is 6.10 Å². The third-order valence-corrected chi connectivity index (χ3v) is 5.15. The predicted molar refractivity (Wildman–Crippen MR) is 116 cm³/mol. The standard InChI is InChI=1S/C22H29N3O5/c1-29-20-11-16(12-21(13-20)30-2)22(28)25-9-7-24(8-10-25)18-5-3-17(4-6-18)23-14-19(27)15-26/h3-6,11-13,19,23,26-27H,7-10,14-15H2,1-2H3. The number of ether oxygens (including phenoxy) is 2. The fourth-order valence-corrected chi connectivity index (χ4v) is 3.37. The number of anilines is 2. The average Bonchev–Trinajstić information content (AvgIpc) is 2.82. The van der Waals surface area contributed by atoms with E-state index in [1.54, 1.807) is 32.4 Å². The molecule has 0 saturated carbocycles. The van der Waals surface area contributed by atoms with Gasteiger partial charge in [0.2, 0.25) is 0 Å². The Balaban J connectivity index is 1.57. The van der Waals surface area contributed by atoms with Gasteiger partial charge in [-0.3, -0.25) is 4.79 Å². The molecule has 1 atom stereocenters. The van der Waals surface area contributed by atoms with Crippen LogP contribution in [-0.4, -0.2) is 80.7 Å². The molecular formula is C22H29N3O5. The Morgan fingerprint density at radius 3 is 2.17 bits per heavy atom. The molecule has 1 unspecified atom stereocenters. The average molecular weight is 415 g/mol. The number of methoxy groups -OCH3 is 2. The van der Waals surface area contributed by atoms with E-state index >= 15 is 0 Å². The van der Waals surface area contributed by atoms with Gasteiger partial charge in [0, 0.05) is 55.7 Å². The Kier molecular flexibility index (Phi) is 7.37. The topological polar surface area (TPSA) is 94.5 Å². The van der Waals surface area contributed by atoms with Crippen LogP contribution in [0.4, 0.5) is 11.4 Å². The molecule has 1 aliphatic rings. The van der Waals surface area contributed by atoms with Crippen molar-refractivity contribution in [3.05, 3.63) is 48.0 Å². The third kappa shape index (κ3) is 5.34. The highest BCUT2D eigenvalue weighted by Gasteiger charge is 2.23. The maximum Gasteiger partial charge on any atom is 0.254 e. The predicted octanol–water partition coefficient (Wildman–Crippen LogP) is 1.43. The van der Waals surface area contributed by atoms with Crippen molar-refractivity contribution in [3.8, 4) is 11.5 Å². The summed E-state index contributed by atoms with van der Waals surface area (Å²) in [5, 5.41) is 21.4. The van der Waals surface area contributed by atoms with E-state index in [4.69, 9.17) is 14.6 Å². The number of hydrogen-bond donors (Lipinski definition) is 3. The molecule has 1 fully saturated rings. The van der Waals surface area contributed by atoms with E-state index in [0.29, 0.717) is 36.7 Å². The molecule has 2 aromatic carbocycles. The van der Waals surface area contributed by atoms with E-state index in [2.05, 4.69) is 10.2 Å². The number of hydrogen-bond acceptors (Lipinski definition) is 7. The summed E-state index contributed by atoms with van der Waals surface area (Å²) in [6.07, 6.45) is -0.778. The highest BCUT2D eigenvalue weighted by molar-refractivity contribution is 5.95. The second-order valence-corrected chi connectivity index (χ2v) is 7.14. The molecule has 162 valence electrons. The summed E-state index contributed by atoms with van der Waals surface area (Å²) in [4.78, 5) is 17.0. The Bertz CT molecular complexity index is 813. The first-order chi connectivity index (χ1) is 14.5. The monoisotopic (exact) mass is 415 g/mol. The van der Waals surface area contributed by atoms with Gasteiger partial charge in [-0.25, -0.2) is 0 Å². The van der Waals surface area contributed by atoms with Gasteiger partial charge in [-0.1, -0.05) is 0 Å². The summed E-state index contributed by atoms with van der Waals surface area (Å²) in [5.74, 6) is 1.15. The van der Waals surface area contributed by atoms with Crippen molar-refractivity contribution in [2.24, 2.45) is 0 Å². The largest absolute Gasteiger partial charge is 0.497 e.